The van der Waals surface area contributed by atoms with Gasteiger partial charge >= 0.3 is 11.4 Å². The number of non-ortho nitro benzene ring substituents is 1. The standard InChI is InChI=1S/C12H26N4.C6H3N3O7/c1-3-5-7-9-15-11(13)12(14)16-10-8-6-4-2;10-6-4(8(13)14)1-3(7(11)12)2-5(6)9(15)16/h3-10H2,1-2H3,(H2,13,15)(H2,14,16);1-2,10H. The van der Waals surface area contributed by atoms with E-state index in [1.165, 1.54) is 25.7 Å². The second-order valence-corrected chi connectivity index (χ2v) is 6.55. The molecule has 0 aliphatic carbocycles. The van der Waals surface area contributed by atoms with Crippen LogP contribution < -0.4 is 11.5 Å². The van der Waals surface area contributed by atoms with Gasteiger partial charge < -0.3 is 16.6 Å². The number of aromatic hydroxyl groups is 1. The summed E-state index contributed by atoms with van der Waals surface area (Å²) in [5.41, 5.74) is 8.41. The summed E-state index contributed by atoms with van der Waals surface area (Å²) in [4.78, 5) is 36.2. The van der Waals surface area contributed by atoms with Crippen molar-refractivity contribution >= 4 is 28.7 Å². The van der Waals surface area contributed by atoms with Crippen LogP contribution in [-0.4, -0.2) is 44.6 Å². The largest absolute Gasteiger partial charge is 0.497 e. The number of unbranched alkanes of at least 4 members (excludes halogenated alkanes) is 4. The lowest BCUT2D eigenvalue weighted by molar-refractivity contribution is -0.404. The maximum atomic E-state index is 10.4. The van der Waals surface area contributed by atoms with Crippen molar-refractivity contribution in [1.82, 2.24) is 0 Å². The third-order valence-electron chi connectivity index (χ3n) is 4.01. The highest BCUT2D eigenvalue weighted by Gasteiger charge is 2.30. The number of nitrogens with zero attached hydrogens (tertiary/aromatic N) is 5. The number of nitro benzene ring substituents is 3. The molecular weight excluding hydrogens is 426 g/mol. The van der Waals surface area contributed by atoms with Gasteiger partial charge in [0.15, 0.2) is 11.7 Å². The first-order chi connectivity index (χ1) is 15.1. The number of phenolic OH excluding ortho intramolecular Hbond substituents is 1. The monoisotopic (exact) mass is 455 g/mol. The molecule has 0 amide bonds. The Morgan fingerprint density at radius 3 is 1.47 bits per heavy atom. The first kappa shape index (κ1) is 28.2. The number of hydrogen-bond acceptors (Lipinski definition) is 9. The van der Waals surface area contributed by atoms with Gasteiger partial charge in [-0.3, -0.25) is 40.3 Å². The molecule has 0 aliphatic heterocycles. The Labute approximate surface area is 184 Å². The number of rotatable bonds is 11. The smallest absolute Gasteiger partial charge is 0.324 e. The maximum absolute atomic E-state index is 10.4. The molecule has 0 bridgehead atoms. The van der Waals surface area contributed by atoms with E-state index in [2.05, 4.69) is 23.8 Å². The van der Waals surface area contributed by atoms with E-state index in [0.717, 1.165) is 25.9 Å². The third-order valence-corrected chi connectivity index (χ3v) is 4.01. The van der Waals surface area contributed by atoms with Gasteiger partial charge in [-0.05, 0) is 12.8 Å². The minimum absolute atomic E-state index is 0.396. The van der Waals surface area contributed by atoms with Crippen LogP contribution in [0.4, 0.5) is 17.1 Å². The molecule has 0 spiro atoms. The van der Waals surface area contributed by atoms with Crippen LogP contribution in [0.5, 0.6) is 5.75 Å². The molecule has 0 fully saturated rings. The van der Waals surface area contributed by atoms with Gasteiger partial charge in [-0.1, -0.05) is 39.5 Å². The van der Waals surface area contributed by atoms with E-state index in [4.69, 9.17) is 16.6 Å². The molecule has 0 saturated carbocycles. The van der Waals surface area contributed by atoms with Gasteiger partial charge in [0, 0.05) is 13.1 Å². The molecule has 0 aromatic heterocycles. The fourth-order valence-corrected chi connectivity index (χ4v) is 2.26. The van der Waals surface area contributed by atoms with Gasteiger partial charge in [0.25, 0.3) is 11.4 Å². The number of nitro groups is 3. The summed E-state index contributed by atoms with van der Waals surface area (Å²) < 4.78 is 0. The Balaban J connectivity index is 0.000000601. The molecule has 14 heteroatoms. The molecule has 1 aromatic rings. The number of hydrogen-bond donors (Lipinski definition) is 3. The SMILES string of the molecule is CCCCCN=C(N)C(N)=NCCCCC.O=[N+]([O-])c1cc([N+](=O)[O-])c(O)c([N+](=O)[O-])c1. The molecule has 0 saturated heterocycles. The van der Waals surface area contributed by atoms with Crippen molar-refractivity contribution in [2.24, 2.45) is 21.5 Å². The fourth-order valence-electron chi connectivity index (χ4n) is 2.26. The maximum Gasteiger partial charge on any atom is 0.324 e. The Morgan fingerprint density at radius 1 is 0.812 bits per heavy atom. The van der Waals surface area contributed by atoms with Gasteiger partial charge in [-0.2, -0.15) is 0 Å². The molecule has 5 N–H and O–H groups in total. The lowest BCUT2D eigenvalue weighted by atomic mass is 10.2. The highest BCUT2D eigenvalue weighted by Crippen LogP contribution is 2.38. The van der Waals surface area contributed by atoms with Crippen LogP contribution in [0.15, 0.2) is 22.1 Å². The van der Waals surface area contributed by atoms with Crippen LogP contribution in [0.3, 0.4) is 0 Å². The van der Waals surface area contributed by atoms with Crippen molar-refractivity contribution in [2.45, 2.75) is 52.4 Å². The zero-order valence-corrected chi connectivity index (χ0v) is 18.1. The zero-order valence-electron chi connectivity index (χ0n) is 18.1. The summed E-state index contributed by atoms with van der Waals surface area (Å²) >= 11 is 0. The average molecular weight is 455 g/mol. The molecule has 32 heavy (non-hydrogen) atoms. The lowest BCUT2D eigenvalue weighted by Gasteiger charge is -2.01. The Hall–Kier alpha value is -3.84. The van der Waals surface area contributed by atoms with Crippen molar-refractivity contribution in [2.75, 3.05) is 13.1 Å². The predicted octanol–water partition coefficient (Wildman–Crippen LogP) is 3.20. The van der Waals surface area contributed by atoms with E-state index in [0.29, 0.717) is 23.8 Å². The summed E-state index contributed by atoms with van der Waals surface area (Å²) in [6.07, 6.45) is 6.89. The van der Waals surface area contributed by atoms with Crippen molar-refractivity contribution < 1.29 is 19.9 Å². The highest BCUT2D eigenvalue weighted by molar-refractivity contribution is 6.39. The quantitative estimate of drug-likeness (QED) is 0.146. The number of benzene rings is 1. The Kier molecular flexibility index (Phi) is 13.2. The first-order valence-corrected chi connectivity index (χ1v) is 9.97. The van der Waals surface area contributed by atoms with Crippen molar-refractivity contribution in [1.29, 1.82) is 0 Å². The van der Waals surface area contributed by atoms with Crippen LogP contribution in [0.2, 0.25) is 0 Å². The molecule has 0 heterocycles. The molecule has 1 rings (SSSR count). The molecule has 0 unspecified atom stereocenters. The molecule has 0 aliphatic rings. The van der Waals surface area contributed by atoms with E-state index in [9.17, 15) is 30.3 Å². The Bertz CT molecular complexity index is 797. The van der Waals surface area contributed by atoms with E-state index in [1.54, 1.807) is 0 Å². The molecular formula is C18H29N7O7. The highest BCUT2D eigenvalue weighted by atomic mass is 16.6. The number of aliphatic imine (C=N–C) groups is 2. The van der Waals surface area contributed by atoms with Crippen LogP contribution in [0.1, 0.15) is 52.4 Å². The van der Waals surface area contributed by atoms with E-state index in [1.807, 2.05) is 0 Å². The number of phenols is 1. The van der Waals surface area contributed by atoms with Crippen molar-refractivity contribution in [3.8, 4) is 5.75 Å². The lowest BCUT2D eigenvalue weighted by Crippen LogP contribution is -2.32. The number of amidine groups is 2. The molecule has 0 atom stereocenters. The van der Waals surface area contributed by atoms with Crippen molar-refractivity contribution in [3.63, 3.8) is 0 Å². The third kappa shape index (κ3) is 10.3. The van der Waals surface area contributed by atoms with Crippen LogP contribution in [0, 0.1) is 30.3 Å². The van der Waals surface area contributed by atoms with Gasteiger partial charge in [0.05, 0.1) is 26.9 Å². The van der Waals surface area contributed by atoms with Gasteiger partial charge in [0.1, 0.15) is 0 Å². The van der Waals surface area contributed by atoms with Crippen molar-refractivity contribution in [3.05, 3.63) is 42.5 Å². The first-order valence-electron chi connectivity index (χ1n) is 9.97. The normalized spacial score (nSPS) is 11.4. The fraction of sp³-hybridized carbons (Fsp3) is 0.556. The summed E-state index contributed by atoms with van der Waals surface area (Å²) in [7, 11) is 0. The zero-order chi connectivity index (χ0) is 24.7. The van der Waals surface area contributed by atoms with Gasteiger partial charge in [0.2, 0.25) is 0 Å². The Morgan fingerprint density at radius 2 is 1.19 bits per heavy atom. The average Bonchev–Trinajstić information content (AvgIpc) is 2.74. The summed E-state index contributed by atoms with van der Waals surface area (Å²) in [6.45, 7) is 5.84. The van der Waals surface area contributed by atoms with Gasteiger partial charge in [-0.25, -0.2) is 0 Å². The topological polar surface area (TPSA) is 226 Å². The van der Waals surface area contributed by atoms with E-state index >= 15 is 0 Å². The van der Waals surface area contributed by atoms with Crippen LogP contribution >= 0.6 is 0 Å². The summed E-state index contributed by atoms with van der Waals surface area (Å²) in [5, 5.41) is 40.2. The second kappa shape index (κ2) is 15.0. The van der Waals surface area contributed by atoms with Crippen LogP contribution in [-0.2, 0) is 0 Å². The molecule has 0 radical (unpaired) electrons. The molecule has 1 aromatic carbocycles. The van der Waals surface area contributed by atoms with Crippen LogP contribution in [0.25, 0.3) is 0 Å². The number of nitrogens with two attached hydrogens (primary N) is 2. The van der Waals surface area contributed by atoms with E-state index < -0.39 is 37.6 Å². The summed E-state index contributed by atoms with van der Waals surface area (Å²) in [5.74, 6) is -0.416. The summed E-state index contributed by atoms with van der Waals surface area (Å²) in [6, 6.07) is 0.894. The molecule has 14 nitrogen and oxygen atoms in total. The van der Waals surface area contributed by atoms with E-state index in [-0.39, 0.29) is 0 Å². The minimum atomic E-state index is -1.21. The second-order valence-electron chi connectivity index (χ2n) is 6.55. The van der Waals surface area contributed by atoms with Gasteiger partial charge in [-0.15, -0.1) is 0 Å². The molecule has 178 valence electrons. The minimum Gasteiger partial charge on any atom is -0.497 e. The predicted molar refractivity (Wildman–Crippen MR) is 120 cm³/mol.